The van der Waals surface area contributed by atoms with Gasteiger partial charge in [0.2, 0.25) is 5.91 Å². The number of nitrogens with one attached hydrogen (secondary N) is 2. The number of carbonyl (C=O) groups is 2. The zero-order valence-electron chi connectivity index (χ0n) is 16.1. The molecule has 2 aromatic heterocycles. The number of H-pyrrole nitrogens is 1. The van der Waals surface area contributed by atoms with Crippen LogP contribution in [0.3, 0.4) is 0 Å². The fourth-order valence-corrected chi connectivity index (χ4v) is 3.39. The molecule has 3 aromatic rings. The lowest BCUT2D eigenvalue weighted by molar-refractivity contribution is -0.117. The van der Waals surface area contributed by atoms with Crippen molar-refractivity contribution in [2.24, 2.45) is 5.92 Å². The Morgan fingerprint density at radius 3 is 2.68 bits per heavy atom. The lowest BCUT2D eigenvalue weighted by atomic mass is 9.98. The largest absolute Gasteiger partial charge is 0.329 e. The van der Waals surface area contributed by atoms with Crippen LogP contribution in [0.25, 0.3) is 11.0 Å². The number of aromatic nitrogens is 3. The van der Waals surface area contributed by atoms with Crippen molar-refractivity contribution in [2.45, 2.75) is 19.9 Å². The number of aryl methyl sites for hydroxylation is 1. The quantitative estimate of drug-likeness (QED) is 0.429. The van der Waals surface area contributed by atoms with Crippen LogP contribution in [0.15, 0.2) is 40.1 Å². The van der Waals surface area contributed by atoms with Gasteiger partial charge in [0.25, 0.3) is 5.56 Å². The number of anilines is 1. The highest BCUT2D eigenvalue weighted by Crippen LogP contribution is 2.26. The summed E-state index contributed by atoms with van der Waals surface area (Å²) in [5.74, 6) is -3.47. The minimum atomic E-state index is -1.72. The van der Waals surface area contributed by atoms with Gasteiger partial charge in [-0.1, -0.05) is 30.1 Å². The molecule has 0 saturated carbocycles. The SMILES string of the molecule is CCCn1c(=O)[nH]c(=O)c2cc(C(=O)[C@H](C#N)C(=O)Nc3ccc(Cl)cc3Cl)cnc21. The highest BCUT2D eigenvalue weighted by Gasteiger charge is 2.29. The number of pyridine rings is 1. The number of Topliss-reactive ketones (excluding diaryl/α,β-unsaturated/α-hetero) is 1. The van der Waals surface area contributed by atoms with E-state index in [0.717, 1.165) is 6.20 Å². The molecule has 0 aliphatic rings. The summed E-state index contributed by atoms with van der Waals surface area (Å²) >= 11 is 11.8. The number of nitriles is 1. The van der Waals surface area contributed by atoms with Crippen LogP contribution in [0.4, 0.5) is 5.69 Å². The monoisotopic (exact) mass is 459 g/mol. The summed E-state index contributed by atoms with van der Waals surface area (Å²) in [5, 5.41) is 12.3. The first-order valence-electron chi connectivity index (χ1n) is 9.09. The standard InChI is InChI=1S/C20H15Cl2N5O4/c1-2-5-27-17-12(18(29)26-20(27)31)6-10(9-24-17)16(28)13(8-23)19(30)25-15-4-3-11(21)7-14(15)22/h3-4,6-7,9,13H,2,5H2,1H3,(H,25,30)(H,26,29,31)/t13-/m0/s1. The van der Waals surface area contributed by atoms with Crippen molar-refractivity contribution in [3.8, 4) is 6.07 Å². The number of hydrogen-bond donors (Lipinski definition) is 2. The van der Waals surface area contributed by atoms with Crippen LogP contribution in [0.5, 0.6) is 0 Å². The number of fused-ring (bicyclic) bond motifs is 1. The van der Waals surface area contributed by atoms with Crippen molar-refractivity contribution >= 4 is 51.6 Å². The van der Waals surface area contributed by atoms with Gasteiger partial charge in [0.05, 0.1) is 22.2 Å². The van der Waals surface area contributed by atoms with Crippen LogP contribution in [0.1, 0.15) is 23.7 Å². The smallest absolute Gasteiger partial charge is 0.323 e. The number of benzene rings is 1. The van der Waals surface area contributed by atoms with Gasteiger partial charge in [0, 0.05) is 23.3 Å². The summed E-state index contributed by atoms with van der Waals surface area (Å²) in [6, 6.07) is 7.19. The Morgan fingerprint density at radius 2 is 2.03 bits per heavy atom. The first kappa shape index (κ1) is 22.2. The molecule has 0 unspecified atom stereocenters. The average molecular weight is 460 g/mol. The summed E-state index contributed by atoms with van der Waals surface area (Å²) in [5.41, 5.74) is -1.16. The molecule has 11 heteroatoms. The highest BCUT2D eigenvalue weighted by atomic mass is 35.5. The Morgan fingerprint density at radius 1 is 1.29 bits per heavy atom. The Kier molecular flexibility index (Phi) is 6.53. The molecule has 0 aliphatic carbocycles. The van der Waals surface area contributed by atoms with Crippen molar-refractivity contribution < 1.29 is 9.59 Å². The maximum atomic E-state index is 12.8. The molecule has 3 rings (SSSR count). The van der Waals surface area contributed by atoms with Gasteiger partial charge < -0.3 is 5.32 Å². The molecule has 1 aromatic carbocycles. The molecule has 0 fully saturated rings. The predicted molar refractivity (Wildman–Crippen MR) is 115 cm³/mol. The van der Waals surface area contributed by atoms with Gasteiger partial charge in [-0.25, -0.2) is 9.78 Å². The van der Waals surface area contributed by atoms with E-state index < -0.39 is 28.9 Å². The second-order valence-corrected chi connectivity index (χ2v) is 7.39. The molecule has 0 radical (unpaired) electrons. The van der Waals surface area contributed by atoms with E-state index in [9.17, 15) is 24.4 Å². The number of rotatable bonds is 6. The average Bonchev–Trinajstić information content (AvgIpc) is 2.73. The molecule has 0 saturated heterocycles. The predicted octanol–water partition coefficient (Wildman–Crippen LogP) is 2.76. The Hall–Kier alpha value is -3.48. The van der Waals surface area contributed by atoms with Gasteiger partial charge in [-0.05, 0) is 30.7 Å². The zero-order valence-corrected chi connectivity index (χ0v) is 17.6. The van der Waals surface area contributed by atoms with Gasteiger partial charge in [0.15, 0.2) is 11.7 Å². The fraction of sp³-hybridized carbons (Fsp3) is 0.200. The number of halogens is 2. The van der Waals surface area contributed by atoms with Crippen molar-refractivity contribution in [3.63, 3.8) is 0 Å². The fourth-order valence-electron chi connectivity index (χ4n) is 2.93. The number of hydrogen-bond acceptors (Lipinski definition) is 6. The van der Waals surface area contributed by atoms with Crippen molar-refractivity contribution in [2.75, 3.05) is 5.32 Å². The van der Waals surface area contributed by atoms with Crippen LogP contribution < -0.4 is 16.6 Å². The van der Waals surface area contributed by atoms with Crippen LogP contribution in [0, 0.1) is 17.2 Å². The number of aromatic amines is 1. The first-order valence-corrected chi connectivity index (χ1v) is 9.85. The molecule has 0 aliphatic heterocycles. The first-order chi connectivity index (χ1) is 14.8. The maximum absolute atomic E-state index is 12.8. The van der Waals surface area contributed by atoms with Crippen LogP contribution >= 0.6 is 23.2 Å². The van der Waals surface area contributed by atoms with E-state index >= 15 is 0 Å². The van der Waals surface area contributed by atoms with E-state index in [2.05, 4.69) is 15.3 Å². The molecule has 1 atom stereocenters. The summed E-state index contributed by atoms with van der Waals surface area (Å²) in [7, 11) is 0. The van der Waals surface area contributed by atoms with E-state index in [-0.39, 0.29) is 27.3 Å². The van der Waals surface area contributed by atoms with Crippen LogP contribution in [-0.4, -0.2) is 26.2 Å². The number of carbonyl (C=O) groups excluding carboxylic acids is 2. The summed E-state index contributed by atoms with van der Waals surface area (Å²) in [6.45, 7) is 2.17. The van der Waals surface area contributed by atoms with E-state index in [4.69, 9.17) is 23.2 Å². The second-order valence-electron chi connectivity index (χ2n) is 6.55. The minimum absolute atomic E-state index is 0.00302. The normalized spacial score (nSPS) is 11.7. The molecular weight excluding hydrogens is 445 g/mol. The lowest BCUT2D eigenvalue weighted by Gasteiger charge is -2.12. The third kappa shape index (κ3) is 4.50. The van der Waals surface area contributed by atoms with Gasteiger partial charge >= 0.3 is 5.69 Å². The van der Waals surface area contributed by atoms with Crippen LogP contribution in [0.2, 0.25) is 10.0 Å². The molecule has 9 nitrogen and oxygen atoms in total. The molecule has 1 amide bonds. The van der Waals surface area contributed by atoms with Gasteiger partial charge in [-0.15, -0.1) is 0 Å². The Bertz CT molecular complexity index is 1360. The minimum Gasteiger partial charge on any atom is -0.323 e. The van der Waals surface area contributed by atoms with Gasteiger partial charge in [-0.2, -0.15) is 5.26 Å². The Labute approximate surface area is 185 Å². The number of ketones is 1. The molecule has 2 heterocycles. The second kappa shape index (κ2) is 9.12. The van der Waals surface area contributed by atoms with Crippen molar-refractivity contribution in [1.29, 1.82) is 5.26 Å². The topological polar surface area (TPSA) is 138 Å². The van der Waals surface area contributed by atoms with E-state index in [1.165, 1.54) is 28.8 Å². The van der Waals surface area contributed by atoms with Gasteiger partial charge in [0.1, 0.15) is 5.65 Å². The molecule has 0 spiro atoms. The number of nitrogens with zero attached hydrogens (tertiary/aromatic N) is 3. The van der Waals surface area contributed by atoms with E-state index in [1.807, 2.05) is 6.92 Å². The van der Waals surface area contributed by atoms with Crippen LogP contribution in [-0.2, 0) is 11.3 Å². The summed E-state index contributed by atoms with van der Waals surface area (Å²) in [6.07, 6.45) is 1.75. The molecule has 158 valence electrons. The van der Waals surface area contributed by atoms with E-state index in [1.54, 1.807) is 6.07 Å². The maximum Gasteiger partial charge on any atom is 0.329 e. The molecule has 31 heavy (non-hydrogen) atoms. The molecular formula is C20H15Cl2N5O4. The Balaban J connectivity index is 1.96. The molecule has 2 N–H and O–H groups in total. The number of amides is 1. The third-order valence-corrected chi connectivity index (χ3v) is 4.95. The van der Waals surface area contributed by atoms with Crippen molar-refractivity contribution in [3.05, 3.63) is 66.9 Å². The highest BCUT2D eigenvalue weighted by molar-refractivity contribution is 6.36. The summed E-state index contributed by atoms with van der Waals surface area (Å²) < 4.78 is 1.28. The lowest BCUT2D eigenvalue weighted by Crippen LogP contribution is -2.32. The molecule has 0 bridgehead atoms. The summed E-state index contributed by atoms with van der Waals surface area (Å²) in [4.78, 5) is 55.8. The zero-order chi connectivity index (χ0) is 22.7. The van der Waals surface area contributed by atoms with Crippen molar-refractivity contribution in [1.82, 2.24) is 14.5 Å². The van der Waals surface area contributed by atoms with E-state index in [0.29, 0.717) is 18.0 Å². The van der Waals surface area contributed by atoms with Gasteiger partial charge in [-0.3, -0.25) is 23.9 Å². The third-order valence-electron chi connectivity index (χ3n) is 4.41.